The van der Waals surface area contributed by atoms with Gasteiger partial charge < -0.3 is 10.1 Å². The lowest BCUT2D eigenvalue weighted by molar-refractivity contribution is -0.0594. The highest BCUT2D eigenvalue weighted by molar-refractivity contribution is 7.80. The van der Waals surface area contributed by atoms with Crippen molar-refractivity contribution >= 4 is 12.6 Å². The van der Waals surface area contributed by atoms with Gasteiger partial charge in [0.1, 0.15) is 0 Å². The molecule has 54 valence electrons. The zero-order valence-corrected chi connectivity index (χ0v) is 6.58. The van der Waals surface area contributed by atoms with Crippen LogP contribution in [0.15, 0.2) is 0 Å². The molecule has 0 aromatic rings. The summed E-state index contributed by atoms with van der Waals surface area (Å²) in [6.45, 7) is 4.86. The van der Waals surface area contributed by atoms with Gasteiger partial charge in [-0.15, -0.1) is 0 Å². The predicted octanol–water partition coefficient (Wildman–Crippen LogP) is 0.295. The number of ether oxygens (including phenoxy) is 1. The average Bonchev–Trinajstić information content (AvgIpc) is 1.79. The molecule has 1 fully saturated rings. The van der Waals surface area contributed by atoms with Crippen LogP contribution in [-0.2, 0) is 4.74 Å². The van der Waals surface area contributed by atoms with Gasteiger partial charge in [0.05, 0.1) is 12.2 Å². The Morgan fingerprint density at radius 2 is 2.33 bits per heavy atom. The fourth-order valence-electron chi connectivity index (χ4n) is 0.871. The van der Waals surface area contributed by atoms with Crippen molar-refractivity contribution in [3.63, 3.8) is 0 Å². The van der Waals surface area contributed by atoms with E-state index in [0.717, 1.165) is 25.4 Å². The summed E-state index contributed by atoms with van der Waals surface area (Å²) < 4.78 is 5.48. The zero-order chi connectivity index (χ0) is 6.74. The molecule has 0 amide bonds. The van der Waals surface area contributed by atoms with E-state index in [9.17, 15) is 0 Å². The SMILES string of the molecule is CC1(OCCS)CNC1. The molecule has 1 rings (SSSR count). The van der Waals surface area contributed by atoms with E-state index in [2.05, 4.69) is 24.9 Å². The van der Waals surface area contributed by atoms with Gasteiger partial charge in [-0.1, -0.05) is 0 Å². The maximum absolute atomic E-state index is 5.48. The number of thiol groups is 1. The minimum absolute atomic E-state index is 0.114. The summed E-state index contributed by atoms with van der Waals surface area (Å²) in [6, 6.07) is 0. The van der Waals surface area contributed by atoms with Gasteiger partial charge in [0, 0.05) is 18.8 Å². The molecule has 9 heavy (non-hydrogen) atoms. The van der Waals surface area contributed by atoms with E-state index in [-0.39, 0.29) is 5.60 Å². The van der Waals surface area contributed by atoms with Crippen molar-refractivity contribution in [2.45, 2.75) is 12.5 Å². The maximum Gasteiger partial charge on any atom is 0.0902 e. The summed E-state index contributed by atoms with van der Waals surface area (Å²) in [6.07, 6.45) is 0. The van der Waals surface area contributed by atoms with Crippen LogP contribution in [0.25, 0.3) is 0 Å². The average molecular weight is 147 g/mol. The van der Waals surface area contributed by atoms with Crippen molar-refractivity contribution in [1.29, 1.82) is 0 Å². The van der Waals surface area contributed by atoms with Crippen molar-refractivity contribution < 1.29 is 4.74 Å². The van der Waals surface area contributed by atoms with Crippen LogP contribution >= 0.6 is 12.6 Å². The van der Waals surface area contributed by atoms with Crippen LogP contribution in [-0.4, -0.2) is 31.1 Å². The Bertz CT molecular complexity index is 93.1. The quantitative estimate of drug-likeness (QED) is 0.560. The van der Waals surface area contributed by atoms with E-state index in [4.69, 9.17) is 4.74 Å². The lowest BCUT2D eigenvalue weighted by atomic mass is 10.0. The highest BCUT2D eigenvalue weighted by Gasteiger charge is 2.31. The van der Waals surface area contributed by atoms with Crippen LogP contribution in [0.3, 0.4) is 0 Å². The summed E-state index contributed by atoms with van der Waals surface area (Å²) >= 11 is 4.05. The standard InChI is InChI=1S/C6H13NOS/c1-6(4-7-5-6)8-2-3-9/h7,9H,2-5H2,1H3. The molecule has 0 aliphatic carbocycles. The van der Waals surface area contributed by atoms with Gasteiger partial charge >= 0.3 is 0 Å². The van der Waals surface area contributed by atoms with Gasteiger partial charge in [0.25, 0.3) is 0 Å². The van der Waals surface area contributed by atoms with Crippen molar-refractivity contribution in [3.8, 4) is 0 Å². The Morgan fingerprint density at radius 3 is 2.67 bits per heavy atom. The van der Waals surface area contributed by atoms with E-state index >= 15 is 0 Å². The monoisotopic (exact) mass is 147 g/mol. The molecular weight excluding hydrogens is 134 g/mol. The molecule has 0 radical (unpaired) electrons. The lowest BCUT2D eigenvalue weighted by Crippen LogP contribution is -2.59. The molecule has 0 spiro atoms. The third-order valence-corrected chi connectivity index (χ3v) is 1.72. The first kappa shape index (κ1) is 7.38. The van der Waals surface area contributed by atoms with Crippen LogP contribution in [0.5, 0.6) is 0 Å². The third-order valence-electron chi connectivity index (χ3n) is 1.54. The Hall–Kier alpha value is 0.270. The van der Waals surface area contributed by atoms with Gasteiger partial charge in [0.2, 0.25) is 0 Å². The molecule has 3 heteroatoms. The fraction of sp³-hybridized carbons (Fsp3) is 1.00. The van der Waals surface area contributed by atoms with Crippen LogP contribution in [0.4, 0.5) is 0 Å². The van der Waals surface area contributed by atoms with Gasteiger partial charge in [-0.3, -0.25) is 0 Å². The first-order chi connectivity index (χ1) is 4.27. The number of rotatable bonds is 3. The van der Waals surface area contributed by atoms with Gasteiger partial charge in [-0.25, -0.2) is 0 Å². The van der Waals surface area contributed by atoms with Crippen LogP contribution < -0.4 is 5.32 Å². The summed E-state index contributed by atoms with van der Waals surface area (Å²) in [5.41, 5.74) is 0.114. The predicted molar refractivity (Wildman–Crippen MR) is 41.1 cm³/mol. The van der Waals surface area contributed by atoms with Crippen molar-refractivity contribution in [2.24, 2.45) is 0 Å². The van der Waals surface area contributed by atoms with Gasteiger partial charge in [0.15, 0.2) is 0 Å². The van der Waals surface area contributed by atoms with Crippen LogP contribution in [0.2, 0.25) is 0 Å². The van der Waals surface area contributed by atoms with E-state index in [1.54, 1.807) is 0 Å². The van der Waals surface area contributed by atoms with Crippen LogP contribution in [0.1, 0.15) is 6.92 Å². The second-order valence-electron chi connectivity index (χ2n) is 2.63. The maximum atomic E-state index is 5.48. The van der Waals surface area contributed by atoms with E-state index in [0.29, 0.717) is 0 Å². The Kier molecular flexibility index (Phi) is 2.38. The summed E-state index contributed by atoms with van der Waals surface area (Å²) in [4.78, 5) is 0. The molecule has 0 aromatic heterocycles. The molecule has 0 bridgehead atoms. The molecular formula is C6H13NOS. The number of nitrogens with one attached hydrogen (secondary N) is 1. The third kappa shape index (κ3) is 1.85. The molecule has 2 nitrogen and oxygen atoms in total. The number of hydrogen-bond acceptors (Lipinski definition) is 3. The summed E-state index contributed by atoms with van der Waals surface area (Å²) in [7, 11) is 0. The molecule has 0 saturated carbocycles. The smallest absolute Gasteiger partial charge is 0.0902 e. The van der Waals surface area contributed by atoms with E-state index < -0.39 is 0 Å². The molecule has 1 heterocycles. The lowest BCUT2D eigenvalue weighted by Gasteiger charge is -2.38. The molecule has 0 atom stereocenters. The second-order valence-corrected chi connectivity index (χ2v) is 3.07. The molecule has 1 aliphatic rings. The first-order valence-corrected chi connectivity index (χ1v) is 3.86. The summed E-state index contributed by atoms with van der Waals surface area (Å²) in [5.74, 6) is 0.815. The highest BCUT2D eigenvalue weighted by Crippen LogP contribution is 2.14. The van der Waals surface area contributed by atoms with Crippen LogP contribution in [0, 0.1) is 0 Å². The Morgan fingerprint density at radius 1 is 1.67 bits per heavy atom. The summed E-state index contributed by atoms with van der Waals surface area (Å²) in [5, 5.41) is 3.16. The first-order valence-electron chi connectivity index (χ1n) is 3.22. The number of hydrogen-bond donors (Lipinski definition) is 2. The second kappa shape index (κ2) is 2.90. The zero-order valence-electron chi connectivity index (χ0n) is 5.68. The molecule has 0 unspecified atom stereocenters. The Balaban J connectivity index is 2.09. The minimum Gasteiger partial charge on any atom is -0.372 e. The highest BCUT2D eigenvalue weighted by atomic mass is 32.1. The van der Waals surface area contributed by atoms with Crippen molar-refractivity contribution in [3.05, 3.63) is 0 Å². The van der Waals surface area contributed by atoms with Gasteiger partial charge in [-0.2, -0.15) is 12.6 Å². The van der Waals surface area contributed by atoms with E-state index in [1.807, 2.05) is 0 Å². The topological polar surface area (TPSA) is 21.3 Å². The normalized spacial score (nSPS) is 23.3. The molecule has 1 aliphatic heterocycles. The van der Waals surface area contributed by atoms with E-state index in [1.165, 1.54) is 0 Å². The fourth-order valence-corrected chi connectivity index (χ4v) is 0.962. The minimum atomic E-state index is 0.114. The van der Waals surface area contributed by atoms with Crippen molar-refractivity contribution in [1.82, 2.24) is 5.32 Å². The Labute approximate surface area is 61.4 Å². The van der Waals surface area contributed by atoms with Crippen molar-refractivity contribution in [2.75, 3.05) is 25.4 Å². The van der Waals surface area contributed by atoms with Gasteiger partial charge in [-0.05, 0) is 6.92 Å². The molecule has 1 saturated heterocycles. The molecule has 0 aromatic carbocycles. The molecule has 1 N–H and O–H groups in total. The largest absolute Gasteiger partial charge is 0.372 e.